The van der Waals surface area contributed by atoms with E-state index in [1.807, 2.05) is 0 Å². The van der Waals surface area contributed by atoms with E-state index in [1.54, 1.807) is 0 Å². The second-order valence-electron chi connectivity index (χ2n) is 6.92. The van der Waals surface area contributed by atoms with E-state index in [9.17, 15) is 0 Å². The number of hydrogen-bond acceptors (Lipinski definition) is 0. The molecule has 3 aromatic rings. The quantitative estimate of drug-likeness (QED) is 0.512. The summed E-state index contributed by atoms with van der Waals surface area (Å²) in [4.78, 5) is 0. The molecule has 0 aromatic heterocycles. The largest absolute Gasteiger partial charge is 0.0622 e. The second-order valence-corrected chi connectivity index (χ2v) is 9.96. The van der Waals surface area contributed by atoms with Crippen LogP contribution in [-0.2, 0) is 5.41 Å². The SMILES string of the molecule is CC(C)(C)c1ccc(Br)c(P(c2ccccc2)c2ccccc2)c1. The Morgan fingerprint density at radius 2 is 1.21 bits per heavy atom. The van der Waals surface area contributed by atoms with Crippen molar-refractivity contribution < 1.29 is 0 Å². The average Bonchev–Trinajstić information content (AvgIpc) is 2.58. The minimum Gasteiger partial charge on any atom is -0.0622 e. The van der Waals surface area contributed by atoms with E-state index < -0.39 is 7.92 Å². The Bertz CT molecular complexity index is 765. The molecule has 0 radical (unpaired) electrons. The third-order valence-electron chi connectivity index (χ3n) is 4.08. The second kappa shape index (κ2) is 7.21. The Hall–Kier alpha value is -1.43. The monoisotopic (exact) mass is 396 g/mol. The summed E-state index contributed by atoms with van der Waals surface area (Å²) in [6.07, 6.45) is 0. The summed E-state index contributed by atoms with van der Waals surface area (Å²) in [5.74, 6) is 0. The Kier molecular flexibility index (Phi) is 5.23. The Morgan fingerprint density at radius 1 is 0.708 bits per heavy atom. The topological polar surface area (TPSA) is 0 Å². The predicted octanol–water partition coefficient (Wildman–Crippen LogP) is 5.50. The lowest BCUT2D eigenvalue weighted by Crippen LogP contribution is -2.23. The van der Waals surface area contributed by atoms with E-state index in [4.69, 9.17) is 0 Å². The van der Waals surface area contributed by atoms with Crippen LogP contribution >= 0.6 is 23.9 Å². The van der Waals surface area contributed by atoms with Gasteiger partial charge in [0.2, 0.25) is 0 Å². The first kappa shape index (κ1) is 17.4. The highest BCUT2D eigenvalue weighted by atomic mass is 79.9. The van der Waals surface area contributed by atoms with Gasteiger partial charge in [0.25, 0.3) is 0 Å². The molecular weight excluding hydrogens is 375 g/mol. The van der Waals surface area contributed by atoms with Crippen molar-refractivity contribution in [2.24, 2.45) is 0 Å². The lowest BCUT2D eigenvalue weighted by molar-refractivity contribution is 0.590. The smallest absolute Gasteiger partial charge is 0.0259 e. The van der Waals surface area contributed by atoms with Gasteiger partial charge in [-0.3, -0.25) is 0 Å². The van der Waals surface area contributed by atoms with Gasteiger partial charge in [0, 0.05) is 4.47 Å². The van der Waals surface area contributed by atoms with E-state index in [-0.39, 0.29) is 5.41 Å². The van der Waals surface area contributed by atoms with Crippen LogP contribution in [0.1, 0.15) is 26.3 Å². The van der Waals surface area contributed by atoms with Crippen LogP contribution in [0, 0.1) is 0 Å². The van der Waals surface area contributed by atoms with Crippen molar-refractivity contribution in [1.82, 2.24) is 0 Å². The van der Waals surface area contributed by atoms with Gasteiger partial charge in [-0.25, -0.2) is 0 Å². The third kappa shape index (κ3) is 3.79. The molecule has 3 rings (SSSR count). The van der Waals surface area contributed by atoms with E-state index in [0.29, 0.717) is 0 Å². The van der Waals surface area contributed by atoms with Crippen LogP contribution in [0.15, 0.2) is 83.3 Å². The first-order chi connectivity index (χ1) is 11.5. The third-order valence-corrected chi connectivity index (χ3v) is 7.56. The van der Waals surface area contributed by atoms with E-state index in [1.165, 1.54) is 25.9 Å². The number of rotatable bonds is 3. The number of hydrogen-bond donors (Lipinski definition) is 0. The molecule has 122 valence electrons. The van der Waals surface area contributed by atoms with E-state index >= 15 is 0 Å². The van der Waals surface area contributed by atoms with Gasteiger partial charge < -0.3 is 0 Å². The van der Waals surface area contributed by atoms with E-state index in [2.05, 4.69) is 116 Å². The highest BCUT2D eigenvalue weighted by molar-refractivity contribution is 9.10. The van der Waals surface area contributed by atoms with Crippen LogP contribution in [0.2, 0.25) is 0 Å². The summed E-state index contributed by atoms with van der Waals surface area (Å²) in [7, 11) is -0.577. The van der Waals surface area contributed by atoms with Crippen molar-refractivity contribution in [3.05, 3.63) is 88.9 Å². The molecule has 0 aliphatic heterocycles. The van der Waals surface area contributed by atoms with Crippen LogP contribution < -0.4 is 15.9 Å². The van der Waals surface area contributed by atoms with Crippen LogP contribution in [0.3, 0.4) is 0 Å². The predicted molar refractivity (Wildman–Crippen MR) is 112 cm³/mol. The van der Waals surface area contributed by atoms with Crippen molar-refractivity contribution in [1.29, 1.82) is 0 Å². The van der Waals surface area contributed by atoms with Crippen LogP contribution in [-0.4, -0.2) is 0 Å². The first-order valence-corrected chi connectivity index (χ1v) is 10.3. The molecule has 2 heteroatoms. The Balaban J connectivity index is 2.20. The van der Waals surface area contributed by atoms with Gasteiger partial charge in [0.05, 0.1) is 0 Å². The van der Waals surface area contributed by atoms with Crippen molar-refractivity contribution in [3.8, 4) is 0 Å². The minimum absolute atomic E-state index is 0.143. The summed E-state index contributed by atoms with van der Waals surface area (Å²) >= 11 is 3.81. The summed E-state index contributed by atoms with van der Waals surface area (Å²) in [6.45, 7) is 6.81. The molecule has 0 spiro atoms. The average molecular weight is 397 g/mol. The van der Waals surface area contributed by atoms with Crippen molar-refractivity contribution in [3.63, 3.8) is 0 Å². The zero-order valence-corrected chi connectivity index (χ0v) is 16.8. The first-order valence-electron chi connectivity index (χ1n) is 8.17. The zero-order chi connectivity index (χ0) is 17.2. The van der Waals surface area contributed by atoms with Gasteiger partial charge in [-0.2, -0.15) is 0 Å². The van der Waals surface area contributed by atoms with E-state index in [0.717, 1.165) is 0 Å². The zero-order valence-electron chi connectivity index (χ0n) is 14.3. The van der Waals surface area contributed by atoms with Crippen LogP contribution in [0.4, 0.5) is 0 Å². The standard InChI is InChI=1S/C22H22BrP/c1-22(2,3)17-14-15-20(23)21(16-17)24(18-10-6-4-7-11-18)19-12-8-5-9-13-19/h4-16H,1-3H3. The Labute approximate surface area is 154 Å². The molecule has 0 aliphatic rings. The number of benzene rings is 3. The van der Waals surface area contributed by atoms with Crippen LogP contribution in [0.5, 0.6) is 0 Å². The molecule has 0 fully saturated rings. The molecule has 0 bridgehead atoms. The highest BCUT2D eigenvalue weighted by Crippen LogP contribution is 2.37. The summed E-state index contributed by atoms with van der Waals surface area (Å²) < 4.78 is 1.19. The fourth-order valence-electron chi connectivity index (χ4n) is 2.73. The molecule has 24 heavy (non-hydrogen) atoms. The Morgan fingerprint density at radius 3 is 1.67 bits per heavy atom. The molecule has 0 atom stereocenters. The molecule has 3 aromatic carbocycles. The lowest BCUT2D eigenvalue weighted by Gasteiger charge is -2.25. The maximum absolute atomic E-state index is 3.81. The van der Waals surface area contributed by atoms with Crippen LogP contribution in [0.25, 0.3) is 0 Å². The molecule has 0 amide bonds. The highest BCUT2D eigenvalue weighted by Gasteiger charge is 2.22. The molecule has 0 N–H and O–H groups in total. The van der Waals surface area contributed by atoms with Gasteiger partial charge in [0.1, 0.15) is 0 Å². The lowest BCUT2D eigenvalue weighted by atomic mass is 9.87. The fraction of sp³-hybridized carbons (Fsp3) is 0.182. The molecule has 0 unspecified atom stereocenters. The molecule has 0 aliphatic carbocycles. The maximum Gasteiger partial charge on any atom is 0.0259 e. The van der Waals surface area contributed by atoms with Crippen molar-refractivity contribution >= 4 is 39.8 Å². The van der Waals surface area contributed by atoms with Gasteiger partial charge >= 0.3 is 0 Å². The van der Waals surface area contributed by atoms with Gasteiger partial charge in [-0.15, -0.1) is 0 Å². The normalized spacial score (nSPS) is 11.7. The molecular formula is C22H22BrP. The molecule has 0 nitrogen and oxygen atoms in total. The summed E-state index contributed by atoms with van der Waals surface area (Å²) in [5, 5.41) is 4.14. The maximum atomic E-state index is 3.81. The minimum atomic E-state index is -0.577. The van der Waals surface area contributed by atoms with Crippen molar-refractivity contribution in [2.75, 3.05) is 0 Å². The van der Waals surface area contributed by atoms with Gasteiger partial charge in [-0.05, 0) is 46.9 Å². The molecule has 0 saturated carbocycles. The van der Waals surface area contributed by atoms with Gasteiger partial charge in [-0.1, -0.05) is 103 Å². The molecule has 0 saturated heterocycles. The fourth-order valence-corrected chi connectivity index (χ4v) is 5.86. The van der Waals surface area contributed by atoms with Gasteiger partial charge in [0.15, 0.2) is 0 Å². The summed E-state index contributed by atoms with van der Waals surface area (Å²) in [5.41, 5.74) is 1.52. The molecule has 0 heterocycles. The number of halogens is 1. The van der Waals surface area contributed by atoms with Crippen molar-refractivity contribution in [2.45, 2.75) is 26.2 Å². The summed E-state index contributed by atoms with van der Waals surface area (Å²) in [6, 6.07) is 28.5.